The van der Waals surface area contributed by atoms with Crippen molar-refractivity contribution in [2.24, 2.45) is 5.92 Å². The molecule has 0 N–H and O–H groups in total. The first-order valence-electron chi connectivity index (χ1n) is 5.85. The van der Waals surface area contributed by atoms with Crippen molar-refractivity contribution < 1.29 is 14.4 Å². The summed E-state index contributed by atoms with van der Waals surface area (Å²) in [5.41, 5.74) is 0. The minimum Gasteiger partial charge on any atom is -0.297 e. The summed E-state index contributed by atoms with van der Waals surface area (Å²) in [6.45, 7) is 7.46. The normalized spacial score (nSPS) is 20.8. The fourth-order valence-corrected chi connectivity index (χ4v) is 2.73. The zero-order valence-corrected chi connectivity index (χ0v) is 11.5. The molecule has 0 aromatic rings. The van der Waals surface area contributed by atoms with Gasteiger partial charge >= 0.3 is 0 Å². The van der Waals surface area contributed by atoms with Crippen LogP contribution in [-0.4, -0.2) is 39.5 Å². The van der Waals surface area contributed by atoms with Crippen molar-refractivity contribution in [2.75, 3.05) is 6.54 Å². The summed E-state index contributed by atoms with van der Waals surface area (Å²) >= 11 is 1.49. The second-order valence-corrected chi connectivity index (χ2v) is 6.60. The Morgan fingerprint density at radius 1 is 1.35 bits per heavy atom. The largest absolute Gasteiger partial charge is 0.297 e. The molecule has 1 heterocycles. The van der Waals surface area contributed by atoms with Crippen LogP contribution < -0.4 is 0 Å². The molecule has 1 rings (SSSR count). The highest BCUT2D eigenvalue weighted by Crippen LogP contribution is 2.28. The molecule has 0 saturated carbocycles. The fourth-order valence-electron chi connectivity index (χ4n) is 1.59. The van der Waals surface area contributed by atoms with Crippen LogP contribution in [0.5, 0.6) is 0 Å². The average Bonchev–Trinajstić information content (AvgIpc) is 2.44. The first kappa shape index (κ1) is 14.2. The zero-order chi connectivity index (χ0) is 13.2. The van der Waals surface area contributed by atoms with Gasteiger partial charge in [0.2, 0.25) is 11.8 Å². The van der Waals surface area contributed by atoms with Crippen molar-refractivity contribution in [3.05, 3.63) is 0 Å². The smallest absolute Gasteiger partial charge is 0.243 e. The lowest BCUT2D eigenvalue weighted by molar-refractivity contribution is -0.142. The van der Waals surface area contributed by atoms with Crippen molar-refractivity contribution in [3.63, 3.8) is 0 Å². The van der Waals surface area contributed by atoms with Gasteiger partial charge in [-0.3, -0.25) is 19.3 Å². The number of thioether (sulfide) groups is 1. The Bertz CT molecular complexity index is 339. The van der Waals surface area contributed by atoms with Crippen LogP contribution in [-0.2, 0) is 14.4 Å². The Balaban J connectivity index is 2.66. The predicted molar refractivity (Wildman–Crippen MR) is 67.7 cm³/mol. The molecule has 17 heavy (non-hydrogen) atoms. The number of imide groups is 1. The Labute approximate surface area is 106 Å². The summed E-state index contributed by atoms with van der Waals surface area (Å²) in [4.78, 5) is 36.3. The number of amides is 2. The zero-order valence-electron chi connectivity index (χ0n) is 10.7. The Morgan fingerprint density at radius 2 is 1.94 bits per heavy atom. The molecule has 0 aromatic heterocycles. The second-order valence-electron chi connectivity index (χ2n) is 4.82. The number of hydrogen-bond acceptors (Lipinski definition) is 4. The van der Waals surface area contributed by atoms with Crippen LogP contribution in [0.3, 0.4) is 0 Å². The van der Waals surface area contributed by atoms with Crippen LogP contribution in [0.1, 0.15) is 34.1 Å². The van der Waals surface area contributed by atoms with E-state index in [1.807, 2.05) is 13.8 Å². The van der Waals surface area contributed by atoms with Crippen LogP contribution in [0.4, 0.5) is 0 Å². The molecule has 1 aliphatic rings. The van der Waals surface area contributed by atoms with Gasteiger partial charge in [0.15, 0.2) is 5.78 Å². The molecule has 1 aliphatic heterocycles. The van der Waals surface area contributed by atoms with E-state index >= 15 is 0 Å². The number of hydrogen-bond donors (Lipinski definition) is 0. The molecule has 0 radical (unpaired) electrons. The summed E-state index contributed by atoms with van der Waals surface area (Å²) in [7, 11) is 0. The van der Waals surface area contributed by atoms with Crippen LogP contribution in [0.2, 0.25) is 0 Å². The van der Waals surface area contributed by atoms with Crippen molar-refractivity contribution in [1.82, 2.24) is 4.90 Å². The summed E-state index contributed by atoms with van der Waals surface area (Å²) in [6, 6.07) is 0. The van der Waals surface area contributed by atoms with Gasteiger partial charge in [0, 0.05) is 12.3 Å². The fraction of sp³-hybridized carbons (Fsp3) is 0.750. The lowest BCUT2D eigenvalue weighted by Crippen LogP contribution is -2.37. The summed E-state index contributed by atoms with van der Waals surface area (Å²) in [6.07, 6.45) is 0.229. The number of nitrogens with zero attached hydrogens (tertiary/aromatic N) is 1. The van der Waals surface area contributed by atoms with Gasteiger partial charge in [-0.05, 0) is 5.25 Å². The Kier molecular flexibility index (Phi) is 4.74. The van der Waals surface area contributed by atoms with Crippen LogP contribution >= 0.6 is 11.8 Å². The highest BCUT2D eigenvalue weighted by atomic mass is 32.2. The van der Waals surface area contributed by atoms with Crippen LogP contribution in [0.25, 0.3) is 0 Å². The first-order chi connectivity index (χ1) is 7.82. The third-order valence-electron chi connectivity index (χ3n) is 2.60. The van der Waals surface area contributed by atoms with Gasteiger partial charge in [-0.25, -0.2) is 0 Å². The van der Waals surface area contributed by atoms with E-state index in [4.69, 9.17) is 0 Å². The van der Waals surface area contributed by atoms with Gasteiger partial charge in [0.25, 0.3) is 0 Å². The Hall–Kier alpha value is -0.840. The number of carbonyl (C=O) groups excluding carboxylic acids is 3. The van der Waals surface area contributed by atoms with Gasteiger partial charge in [0.05, 0.1) is 11.8 Å². The highest BCUT2D eigenvalue weighted by molar-refractivity contribution is 8.01. The van der Waals surface area contributed by atoms with Crippen molar-refractivity contribution in [2.45, 2.75) is 44.6 Å². The number of ketones is 1. The minimum atomic E-state index is -0.303. The van der Waals surface area contributed by atoms with Gasteiger partial charge in [0.1, 0.15) is 0 Å². The molecule has 1 unspecified atom stereocenters. The molecule has 2 amide bonds. The van der Waals surface area contributed by atoms with Gasteiger partial charge in [-0.2, -0.15) is 0 Å². The van der Waals surface area contributed by atoms with E-state index in [-0.39, 0.29) is 41.7 Å². The molecule has 1 saturated heterocycles. The Morgan fingerprint density at radius 3 is 2.41 bits per heavy atom. The van der Waals surface area contributed by atoms with E-state index in [1.54, 1.807) is 13.8 Å². The maximum absolute atomic E-state index is 11.9. The first-order valence-corrected chi connectivity index (χ1v) is 6.79. The van der Waals surface area contributed by atoms with E-state index in [1.165, 1.54) is 11.8 Å². The maximum atomic E-state index is 11.9. The molecular weight excluding hydrogens is 238 g/mol. The van der Waals surface area contributed by atoms with Crippen molar-refractivity contribution in [1.29, 1.82) is 0 Å². The molecule has 1 fully saturated rings. The number of likely N-dealkylation sites (tertiary alicyclic amines) is 1. The van der Waals surface area contributed by atoms with Gasteiger partial charge in [-0.1, -0.05) is 27.7 Å². The minimum absolute atomic E-state index is 0.0650. The number of carbonyl (C=O) groups is 3. The molecular formula is C12H19NO3S. The lowest BCUT2D eigenvalue weighted by Gasteiger charge is -2.15. The topological polar surface area (TPSA) is 54.5 Å². The lowest BCUT2D eigenvalue weighted by atomic mass is 10.1. The SMILES string of the molecule is CC(C)SC1CC(=O)N(CC(=O)C(C)C)C1=O. The molecule has 5 heteroatoms. The highest BCUT2D eigenvalue weighted by Gasteiger charge is 2.40. The van der Waals surface area contributed by atoms with E-state index in [9.17, 15) is 14.4 Å². The van der Waals surface area contributed by atoms with Crippen LogP contribution in [0.15, 0.2) is 0 Å². The van der Waals surface area contributed by atoms with Crippen LogP contribution in [0, 0.1) is 5.92 Å². The van der Waals surface area contributed by atoms with E-state index in [2.05, 4.69) is 0 Å². The molecule has 0 aliphatic carbocycles. The quantitative estimate of drug-likeness (QED) is 0.700. The maximum Gasteiger partial charge on any atom is 0.243 e. The third kappa shape index (κ3) is 3.56. The monoisotopic (exact) mass is 257 g/mol. The van der Waals surface area contributed by atoms with E-state index in [0.717, 1.165) is 4.90 Å². The van der Waals surface area contributed by atoms with Crippen molar-refractivity contribution in [3.8, 4) is 0 Å². The van der Waals surface area contributed by atoms with Gasteiger partial charge in [-0.15, -0.1) is 11.8 Å². The summed E-state index contributed by atoms with van der Waals surface area (Å²) in [5, 5.41) is -0.0000347. The summed E-state index contributed by atoms with van der Waals surface area (Å²) in [5.74, 6) is -0.640. The molecule has 96 valence electrons. The standard InChI is InChI=1S/C12H19NO3S/c1-7(2)9(14)6-13-11(15)5-10(12(13)16)17-8(3)4/h7-8,10H,5-6H2,1-4H3. The molecule has 0 spiro atoms. The molecule has 0 bridgehead atoms. The predicted octanol–water partition coefficient (Wildman–Crippen LogP) is 1.48. The second kappa shape index (κ2) is 5.67. The number of rotatable bonds is 5. The average molecular weight is 257 g/mol. The number of Topliss-reactive ketones (excluding diaryl/α,β-unsaturated/α-hetero) is 1. The van der Waals surface area contributed by atoms with E-state index in [0.29, 0.717) is 5.25 Å². The van der Waals surface area contributed by atoms with Gasteiger partial charge < -0.3 is 0 Å². The van der Waals surface area contributed by atoms with E-state index < -0.39 is 0 Å². The molecule has 1 atom stereocenters. The van der Waals surface area contributed by atoms with Crippen molar-refractivity contribution >= 4 is 29.4 Å². The summed E-state index contributed by atoms with van der Waals surface area (Å²) < 4.78 is 0. The third-order valence-corrected chi connectivity index (χ3v) is 3.84. The molecule has 4 nitrogen and oxygen atoms in total. The molecule has 0 aromatic carbocycles.